The number of para-hydroxylation sites is 2. The van der Waals surface area contributed by atoms with Crippen LogP contribution < -0.4 is 10.1 Å². The van der Waals surface area contributed by atoms with Crippen molar-refractivity contribution >= 4 is 5.69 Å². The molecule has 1 aromatic rings. The summed E-state index contributed by atoms with van der Waals surface area (Å²) in [5.41, 5.74) is 0.956. The van der Waals surface area contributed by atoms with E-state index >= 15 is 0 Å². The minimum atomic E-state index is -0.288. The monoisotopic (exact) mass is 253 g/mol. The van der Waals surface area contributed by atoms with Crippen molar-refractivity contribution < 1.29 is 14.2 Å². The van der Waals surface area contributed by atoms with Crippen molar-refractivity contribution in [3.63, 3.8) is 0 Å². The smallest absolute Gasteiger partial charge is 0.176 e. The second-order valence-electron chi connectivity index (χ2n) is 4.12. The lowest BCUT2D eigenvalue weighted by Gasteiger charge is -2.24. The Morgan fingerprint density at radius 2 is 1.83 bits per heavy atom. The quantitative estimate of drug-likeness (QED) is 0.723. The average molecular weight is 253 g/mol. The normalized spacial score (nSPS) is 12.5. The maximum atomic E-state index is 5.69. The first kappa shape index (κ1) is 14.8. The van der Waals surface area contributed by atoms with E-state index in [9.17, 15) is 0 Å². The predicted octanol–water partition coefficient (Wildman–Crippen LogP) is 2.89. The highest BCUT2D eigenvalue weighted by Crippen LogP contribution is 2.25. The van der Waals surface area contributed by atoms with Crippen LogP contribution in [0.25, 0.3) is 0 Å². The second kappa shape index (κ2) is 7.95. The van der Waals surface area contributed by atoms with E-state index < -0.39 is 0 Å². The molecule has 102 valence electrons. The summed E-state index contributed by atoms with van der Waals surface area (Å²) < 4.78 is 16.1. The van der Waals surface area contributed by atoms with Crippen molar-refractivity contribution in [1.82, 2.24) is 0 Å². The molecule has 0 aromatic heterocycles. The summed E-state index contributed by atoms with van der Waals surface area (Å²) in [6, 6.07) is 7.92. The lowest BCUT2D eigenvalue weighted by Crippen LogP contribution is -2.33. The van der Waals surface area contributed by atoms with Gasteiger partial charge in [0.25, 0.3) is 0 Å². The maximum absolute atomic E-state index is 5.69. The van der Waals surface area contributed by atoms with Crippen molar-refractivity contribution in [1.29, 1.82) is 0 Å². The summed E-state index contributed by atoms with van der Waals surface area (Å²) in [7, 11) is 3.26. The van der Waals surface area contributed by atoms with Crippen molar-refractivity contribution in [3.05, 3.63) is 24.3 Å². The number of rotatable bonds is 8. The molecule has 18 heavy (non-hydrogen) atoms. The first-order chi connectivity index (χ1) is 8.72. The largest absolute Gasteiger partial charge is 0.491 e. The van der Waals surface area contributed by atoms with Gasteiger partial charge in [0.05, 0.1) is 18.3 Å². The molecule has 1 atom stereocenters. The molecule has 0 saturated heterocycles. The molecule has 0 saturated carbocycles. The molecular weight excluding hydrogens is 230 g/mol. The Bertz CT molecular complexity index is 340. The Morgan fingerprint density at radius 3 is 2.44 bits per heavy atom. The van der Waals surface area contributed by atoms with Gasteiger partial charge in [0, 0.05) is 14.2 Å². The van der Waals surface area contributed by atoms with E-state index in [1.165, 1.54) is 0 Å². The Kier molecular flexibility index (Phi) is 6.54. The Labute approximate surface area is 109 Å². The van der Waals surface area contributed by atoms with Crippen molar-refractivity contribution in [2.75, 3.05) is 26.1 Å². The van der Waals surface area contributed by atoms with Gasteiger partial charge in [-0.2, -0.15) is 0 Å². The van der Waals surface area contributed by atoms with Crippen LogP contribution in [0.4, 0.5) is 5.69 Å². The maximum Gasteiger partial charge on any atom is 0.176 e. The van der Waals surface area contributed by atoms with Crippen molar-refractivity contribution in [2.45, 2.75) is 32.6 Å². The van der Waals surface area contributed by atoms with Crippen LogP contribution in [0.5, 0.6) is 5.75 Å². The molecule has 0 radical (unpaired) electrons. The molecule has 0 heterocycles. The molecule has 0 aliphatic carbocycles. The zero-order valence-electron chi connectivity index (χ0n) is 11.6. The average Bonchev–Trinajstić information content (AvgIpc) is 2.39. The predicted molar refractivity (Wildman–Crippen MR) is 73.1 cm³/mol. The molecule has 4 heteroatoms. The Balaban J connectivity index is 2.70. The summed E-state index contributed by atoms with van der Waals surface area (Å²) >= 11 is 0. The van der Waals surface area contributed by atoms with Gasteiger partial charge in [-0.25, -0.2) is 0 Å². The summed E-state index contributed by atoms with van der Waals surface area (Å²) in [5.74, 6) is 0.858. The SMILES string of the molecule is CCCOc1ccccc1NC(C)C(OC)OC. The molecule has 1 rings (SSSR count). The van der Waals surface area contributed by atoms with Crippen LogP contribution in [0.1, 0.15) is 20.3 Å². The van der Waals surface area contributed by atoms with Crippen LogP contribution in [0.3, 0.4) is 0 Å². The standard InChI is InChI=1S/C14H23NO3/c1-5-10-18-13-9-7-6-8-12(13)15-11(2)14(16-3)17-4/h6-9,11,14-15H,5,10H2,1-4H3. The van der Waals surface area contributed by atoms with Crippen LogP contribution in [0.2, 0.25) is 0 Å². The molecule has 1 aromatic carbocycles. The molecule has 0 aliphatic rings. The first-order valence-electron chi connectivity index (χ1n) is 6.26. The fourth-order valence-corrected chi connectivity index (χ4v) is 1.74. The lowest BCUT2D eigenvalue weighted by atomic mass is 10.2. The summed E-state index contributed by atoms with van der Waals surface area (Å²) in [6.07, 6.45) is 0.701. The first-order valence-corrected chi connectivity index (χ1v) is 6.26. The molecule has 0 bridgehead atoms. The van der Waals surface area contributed by atoms with E-state index in [1.807, 2.05) is 31.2 Å². The van der Waals surface area contributed by atoms with Crippen molar-refractivity contribution in [3.8, 4) is 5.75 Å². The topological polar surface area (TPSA) is 39.7 Å². The summed E-state index contributed by atoms with van der Waals surface area (Å²) in [4.78, 5) is 0. The van der Waals surface area contributed by atoms with Gasteiger partial charge in [-0.05, 0) is 25.5 Å². The third-order valence-electron chi connectivity index (χ3n) is 2.60. The van der Waals surface area contributed by atoms with Gasteiger partial charge in [-0.3, -0.25) is 0 Å². The molecule has 4 nitrogen and oxygen atoms in total. The van der Waals surface area contributed by atoms with Gasteiger partial charge in [-0.1, -0.05) is 19.1 Å². The molecule has 0 fully saturated rings. The minimum absolute atomic E-state index is 0.0337. The highest BCUT2D eigenvalue weighted by molar-refractivity contribution is 5.56. The van der Waals surface area contributed by atoms with Gasteiger partial charge in [-0.15, -0.1) is 0 Å². The molecule has 1 N–H and O–H groups in total. The minimum Gasteiger partial charge on any atom is -0.491 e. The Hall–Kier alpha value is -1.26. The summed E-state index contributed by atoms with van der Waals surface area (Å²) in [5, 5.41) is 3.35. The van der Waals surface area contributed by atoms with Gasteiger partial charge in [0.2, 0.25) is 0 Å². The van der Waals surface area contributed by atoms with Crippen LogP contribution >= 0.6 is 0 Å². The number of anilines is 1. The number of methoxy groups -OCH3 is 2. The van der Waals surface area contributed by atoms with Crippen LogP contribution in [-0.2, 0) is 9.47 Å². The second-order valence-corrected chi connectivity index (χ2v) is 4.12. The van der Waals surface area contributed by atoms with E-state index in [1.54, 1.807) is 14.2 Å². The molecule has 0 aliphatic heterocycles. The van der Waals surface area contributed by atoms with Crippen LogP contribution in [0.15, 0.2) is 24.3 Å². The van der Waals surface area contributed by atoms with E-state index in [0.29, 0.717) is 6.61 Å². The van der Waals surface area contributed by atoms with Gasteiger partial charge >= 0.3 is 0 Å². The third kappa shape index (κ3) is 4.20. The van der Waals surface area contributed by atoms with Crippen LogP contribution in [0, 0.1) is 0 Å². The Morgan fingerprint density at radius 1 is 1.17 bits per heavy atom. The lowest BCUT2D eigenvalue weighted by molar-refractivity contribution is -0.109. The zero-order valence-corrected chi connectivity index (χ0v) is 11.6. The third-order valence-corrected chi connectivity index (χ3v) is 2.60. The highest BCUT2D eigenvalue weighted by atomic mass is 16.7. The van der Waals surface area contributed by atoms with Crippen LogP contribution in [-0.4, -0.2) is 33.2 Å². The van der Waals surface area contributed by atoms with Gasteiger partial charge in [0.1, 0.15) is 5.75 Å². The fourth-order valence-electron chi connectivity index (χ4n) is 1.74. The number of hydrogen-bond donors (Lipinski definition) is 1. The number of benzene rings is 1. The summed E-state index contributed by atoms with van der Waals surface area (Å²) in [6.45, 7) is 4.81. The van der Waals surface area contributed by atoms with Crippen molar-refractivity contribution in [2.24, 2.45) is 0 Å². The van der Waals surface area contributed by atoms with Gasteiger partial charge < -0.3 is 19.5 Å². The van der Waals surface area contributed by atoms with E-state index in [0.717, 1.165) is 17.9 Å². The molecular formula is C14H23NO3. The number of nitrogens with one attached hydrogen (secondary N) is 1. The zero-order chi connectivity index (χ0) is 13.4. The number of ether oxygens (including phenoxy) is 3. The number of hydrogen-bond acceptors (Lipinski definition) is 4. The molecule has 0 amide bonds. The molecule has 0 spiro atoms. The molecule has 1 unspecified atom stereocenters. The van der Waals surface area contributed by atoms with E-state index in [-0.39, 0.29) is 12.3 Å². The van der Waals surface area contributed by atoms with E-state index in [2.05, 4.69) is 12.2 Å². The fraction of sp³-hybridized carbons (Fsp3) is 0.571. The van der Waals surface area contributed by atoms with E-state index in [4.69, 9.17) is 14.2 Å². The highest BCUT2D eigenvalue weighted by Gasteiger charge is 2.16. The van der Waals surface area contributed by atoms with Gasteiger partial charge in [0.15, 0.2) is 6.29 Å².